The summed E-state index contributed by atoms with van der Waals surface area (Å²) in [7, 11) is 0. The number of amides is 1. The zero-order chi connectivity index (χ0) is 14.6. The second-order valence-electron chi connectivity index (χ2n) is 7.83. The Bertz CT molecular complexity index is 539. The summed E-state index contributed by atoms with van der Waals surface area (Å²) < 4.78 is 1.82. The zero-order valence-corrected chi connectivity index (χ0v) is 13.1. The first-order valence-electron chi connectivity index (χ1n) is 8.33. The SMILES string of the molecule is Cc1cc(C)n(CC(=O)NC23CC4CC(CC(C4)C2)C3)n1. The number of rotatable bonds is 3. The van der Waals surface area contributed by atoms with Gasteiger partial charge in [-0.25, -0.2) is 0 Å². The number of aromatic nitrogens is 2. The van der Waals surface area contributed by atoms with Crippen LogP contribution in [0, 0.1) is 31.6 Å². The predicted molar refractivity (Wildman–Crippen MR) is 80.7 cm³/mol. The Kier molecular flexibility index (Phi) is 2.92. The standard InChI is InChI=1S/C17H25N3O/c1-11-3-12(2)20(19-11)10-16(21)18-17-7-13-4-14(8-17)6-15(5-13)9-17/h3,13-15H,4-10H2,1-2H3,(H,18,21). The molecule has 0 saturated heterocycles. The van der Waals surface area contributed by atoms with Gasteiger partial charge < -0.3 is 5.32 Å². The average molecular weight is 287 g/mol. The molecule has 0 atom stereocenters. The number of aryl methyl sites for hydroxylation is 2. The molecule has 4 aliphatic carbocycles. The van der Waals surface area contributed by atoms with Crippen molar-refractivity contribution >= 4 is 5.91 Å². The van der Waals surface area contributed by atoms with Gasteiger partial charge in [0.1, 0.15) is 6.54 Å². The van der Waals surface area contributed by atoms with Crippen LogP contribution >= 0.6 is 0 Å². The third-order valence-corrected chi connectivity index (χ3v) is 5.84. The molecule has 4 bridgehead atoms. The molecule has 114 valence electrons. The van der Waals surface area contributed by atoms with Crippen molar-refractivity contribution in [2.75, 3.05) is 0 Å². The van der Waals surface area contributed by atoms with Crippen molar-refractivity contribution in [3.63, 3.8) is 0 Å². The maximum atomic E-state index is 12.5. The summed E-state index contributed by atoms with van der Waals surface area (Å²) >= 11 is 0. The molecule has 4 saturated carbocycles. The van der Waals surface area contributed by atoms with Crippen LogP contribution in [0.5, 0.6) is 0 Å². The second kappa shape index (κ2) is 4.59. The molecule has 0 aromatic carbocycles. The minimum atomic E-state index is 0.113. The number of hydrogen-bond donors (Lipinski definition) is 1. The van der Waals surface area contributed by atoms with Gasteiger partial charge in [-0.2, -0.15) is 5.10 Å². The Balaban J connectivity index is 1.46. The first-order valence-corrected chi connectivity index (χ1v) is 8.33. The van der Waals surface area contributed by atoms with E-state index < -0.39 is 0 Å². The highest BCUT2D eigenvalue weighted by molar-refractivity contribution is 5.76. The third-order valence-electron chi connectivity index (χ3n) is 5.84. The Labute approximate surface area is 126 Å². The molecule has 4 aliphatic rings. The molecule has 1 aromatic heterocycles. The molecule has 1 heterocycles. The van der Waals surface area contributed by atoms with E-state index in [-0.39, 0.29) is 11.4 Å². The van der Waals surface area contributed by atoms with Crippen LogP contribution in [-0.2, 0) is 11.3 Å². The molecule has 1 amide bonds. The van der Waals surface area contributed by atoms with Crippen LogP contribution < -0.4 is 5.32 Å². The Morgan fingerprint density at radius 1 is 1.24 bits per heavy atom. The van der Waals surface area contributed by atoms with E-state index in [1.165, 1.54) is 38.5 Å². The molecule has 5 rings (SSSR count). The predicted octanol–water partition coefficient (Wildman–Crippen LogP) is 2.58. The zero-order valence-electron chi connectivity index (χ0n) is 13.1. The first-order chi connectivity index (χ1) is 10.0. The normalized spacial score (nSPS) is 37.0. The lowest BCUT2D eigenvalue weighted by Gasteiger charge is -2.56. The maximum absolute atomic E-state index is 12.5. The van der Waals surface area contributed by atoms with Crippen molar-refractivity contribution in [3.8, 4) is 0 Å². The van der Waals surface area contributed by atoms with Crippen LogP contribution in [0.1, 0.15) is 49.9 Å². The van der Waals surface area contributed by atoms with Crippen LogP contribution in [0.2, 0.25) is 0 Å². The fourth-order valence-electron chi connectivity index (χ4n) is 5.57. The summed E-state index contributed by atoms with van der Waals surface area (Å²) in [6.45, 7) is 4.35. The van der Waals surface area contributed by atoms with Gasteiger partial charge in [-0.3, -0.25) is 9.48 Å². The highest BCUT2D eigenvalue weighted by Gasteiger charge is 2.51. The highest BCUT2D eigenvalue weighted by Crippen LogP contribution is 2.55. The van der Waals surface area contributed by atoms with Crippen LogP contribution in [0.4, 0.5) is 0 Å². The summed E-state index contributed by atoms with van der Waals surface area (Å²) in [4.78, 5) is 12.5. The van der Waals surface area contributed by atoms with Crippen molar-refractivity contribution in [1.29, 1.82) is 0 Å². The van der Waals surface area contributed by atoms with Gasteiger partial charge >= 0.3 is 0 Å². The molecule has 0 radical (unpaired) electrons. The van der Waals surface area contributed by atoms with Crippen LogP contribution in [-0.4, -0.2) is 21.2 Å². The topological polar surface area (TPSA) is 46.9 Å². The maximum Gasteiger partial charge on any atom is 0.242 e. The molecular weight excluding hydrogens is 262 g/mol. The third kappa shape index (κ3) is 2.39. The lowest BCUT2D eigenvalue weighted by Crippen LogP contribution is -2.60. The number of nitrogens with zero attached hydrogens (tertiary/aromatic N) is 2. The van der Waals surface area contributed by atoms with Gasteiger partial charge in [0.25, 0.3) is 0 Å². The average Bonchev–Trinajstić information content (AvgIpc) is 2.64. The highest BCUT2D eigenvalue weighted by atomic mass is 16.2. The monoisotopic (exact) mass is 287 g/mol. The second-order valence-corrected chi connectivity index (χ2v) is 7.83. The molecule has 0 unspecified atom stereocenters. The molecule has 21 heavy (non-hydrogen) atoms. The van der Waals surface area contributed by atoms with E-state index in [4.69, 9.17) is 0 Å². The fraction of sp³-hybridized carbons (Fsp3) is 0.765. The number of hydrogen-bond acceptors (Lipinski definition) is 2. The molecule has 4 fully saturated rings. The van der Waals surface area contributed by atoms with Crippen molar-refractivity contribution in [3.05, 3.63) is 17.5 Å². The Morgan fingerprint density at radius 2 is 1.81 bits per heavy atom. The minimum absolute atomic E-state index is 0.113. The van der Waals surface area contributed by atoms with E-state index in [1.807, 2.05) is 24.6 Å². The van der Waals surface area contributed by atoms with E-state index >= 15 is 0 Å². The van der Waals surface area contributed by atoms with Crippen LogP contribution in [0.15, 0.2) is 6.07 Å². The lowest BCUT2D eigenvalue weighted by atomic mass is 9.53. The summed E-state index contributed by atoms with van der Waals surface area (Å²) in [5.74, 6) is 2.74. The van der Waals surface area contributed by atoms with Gasteiger partial charge in [-0.15, -0.1) is 0 Å². The summed E-state index contributed by atoms with van der Waals surface area (Å²) in [6, 6.07) is 2.03. The molecule has 1 N–H and O–H groups in total. The van der Waals surface area contributed by atoms with E-state index in [0.717, 1.165) is 29.1 Å². The van der Waals surface area contributed by atoms with Gasteiger partial charge in [0, 0.05) is 11.2 Å². The largest absolute Gasteiger partial charge is 0.349 e. The van der Waals surface area contributed by atoms with Crippen molar-refractivity contribution in [2.24, 2.45) is 17.8 Å². The molecule has 0 spiro atoms. The lowest BCUT2D eigenvalue weighted by molar-refractivity contribution is -0.127. The van der Waals surface area contributed by atoms with E-state index in [2.05, 4.69) is 10.4 Å². The smallest absolute Gasteiger partial charge is 0.242 e. The summed E-state index contributed by atoms with van der Waals surface area (Å²) in [5, 5.41) is 7.81. The molecule has 0 aliphatic heterocycles. The van der Waals surface area contributed by atoms with Gasteiger partial charge in [0.2, 0.25) is 5.91 Å². The van der Waals surface area contributed by atoms with Gasteiger partial charge in [0.15, 0.2) is 0 Å². The van der Waals surface area contributed by atoms with Crippen molar-refractivity contribution in [1.82, 2.24) is 15.1 Å². The number of carbonyl (C=O) groups is 1. The molecule has 4 nitrogen and oxygen atoms in total. The summed E-state index contributed by atoms with van der Waals surface area (Å²) in [6.07, 6.45) is 7.86. The van der Waals surface area contributed by atoms with Crippen LogP contribution in [0.3, 0.4) is 0 Å². The van der Waals surface area contributed by atoms with Crippen molar-refractivity contribution < 1.29 is 4.79 Å². The van der Waals surface area contributed by atoms with Gasteiger partial charge in [-0.1, -0.05) is 0 Å². The van der Waals surface area contributed by atoms with Crippen molar-refractivity contribution in [2.45, 2.75) is 64.5 Å². The van der Waals surface area contributed by atoms with E-state index in [0.29, 0.717) is 6.54 Å². The van der Waals surface area contributed by atoms with E-state index in [9.17, 15) is 4.79 Å². The Hall–Kier alpha value is -1.32. The van der Waals surface area contributed by atoms with Gasteiger partial charge in [-0.05, 0) is 76.2 Å². The number of carbonyl (C=O) groups excluding carboxylic acids is 1. The van der Waals surface area contributed by atoms with E-state index in [1.54, 1.807) is 0 Å². The Morgan fingerprint density at radius 3 is 2.29 bits per heavy atom. The molecular formula is C17H25N3O. The molecule has 1 aromatic rings. The minimum Gasteiger partial charge on any atom is -0.349 e. The van der Waals surface area contributed by atoms with Gasteiger partial charge in [0.05, 0.1) is 5.69 Å². The first kappa shape index (κ1) is 13.4. The van der Waals surface area contributed by atoms with Crippen LogP contribution in [0.25, 0.3) is 0 Å². The quantitative estimate of drug-likeness (QED) is 0.929. The number of nitrogens with one attached hydrogen (secondary N) is 1. The summed E-state index contributed by atoms with van der Waals surface area (Å²) in [5.41, 5.74) is 2.16. The molecule has 4 heteroatoms. The fourth-order valence-corrected chi connectivity index (χ4v) is 5.57.